The number of aromatic nitrogens is 6. The van der Waals surface area contributed by atoms with Gasteiger partial charge in [0.15, 0.2) is 0 Å². The lowest BCUT2D eigenvalue weighted by atomic mass is 9.89. The lowest BCUT2D eigenvalue weighted by Gasteiger charge is -2.49. The number of carbonyl (C=O) groups is 1. The van der Waals surface area contributed by atoms with Crippen LogP contribution in [0.2, 0.25) is 0 Å². The first-order valence-corrected chi connectivity index (χ1v) is 13.0. The van der Waals surface area contributed by atoms with Crippen LogP contribution in [0.1, 0.15) is 38.4 Å². The topological polar surface area (TPSA) is 138 Å². The third-order valence-electron chi connectivity index (χ3n) is 6.14. The number of hydrogen-bond donors (Lipinski definition) is 2. The highest BCUT2D eigenvalue weighted by molar-refractivity contribution is 7.98. The number of thiophene rings is 1. The van der Waals surface area contributed by atoms with Gasteiger partial charge in [0, 0.05) is 31.8 Å². The fourth-order valence-electron chi connectivity index (χ4n) is 4.01. The van der Waals surface area contributed by atoms with Gasteiger partial charge in [0.1, 0.15) is 10.5 Å². The van der Waals surface area contributed by atoms with Crippen molar-refractivity contribution in [3.63, 3.8) is 0 Å². The minimum Gasteiger partial charge on any atom is -0.379 e. The molecular formula is C23H25N9O2S2. The van der Waals surface area contributed by atoms with Gasteiger partial charge >= 0.3 is 0 Å². The number of rotatable bonds is 8. The van der Waals surface area contributed by atoms with Gasteiger partial charge in [-0.3, -0.25) is 9.48 Å². The molecule has 1 aliphatic heterocycles. The van der Waals surface area contributed by atoms with Crippen LogP contribution in [0.4, 0.5) is 11.6 Å². The van der Waals surface area contributed by atoms with Crippen molar-refractivity contribution in [1.29, 1.82) is 5.26 Å². The van der Waals surface area contributed by atoms with E-state index in [0.717, 1.165) is 21.5 Å². The highest BCUT2D eigenvalue weighted by Gasteiger charge is 2.47. The number of nitrogens with zero attached hydrogens (tertiary/aromatic N) is 8. The van der Waals surface area contributed by atoms with Crippen LogP contribution in [0, 0.1) is 11.3 Å². The molecule has 0 aliphatic carbocycles. The molecule has 0 amide bonds. The van der Waals surface area contributed by atoms with Gasteiger partial charge in [0.2, 0.25) is 11.9 Å². The van der Waals surface area contributed by atoms with E-state index >= 15 is 0 Å². The zero-order chi connectivity index (χ0) is 25.5. The molecule has 4 aromatic heterocycles. The Labute approximate surface area is 215 Å². The molecule has 0 bridgehead atoms. The molecule has 1 aliphatic rings. The maximum absolute atomic E-state index is 11.6. The van der Waals surface area contributed by atoms with E-state index in [4.69, 9.17) is 4.98 Å². The number of aliphatic hydroxyl groups is 1. The van der Waals surface area contributed by atoms with Crippen LogP contribution < -0.4 is 5.32 Å². The Kier molecular flexibility index (Phi) is 6.29. The number of nitrogens with one attached hydrogen (secondary N) is 1. The van der Waals surface area contributed by atoms with Crippen LogP contribution >= 0.6 is 23.3 Å². The highest BCUT2D eigenvalue weighted by atomic mass is 32.2. The largest absolute Gasteiger partial charge is 0.379 e. The molecule has 0 radical (unpaired) electrons. The van der Waals surface area contributed by atoms with E-state index in [-0.39, 0.29) is 5.91 Å². The molecule has 11 nitrogen and oxygen atoms in total. The fourth-order valence-corrected chi connectivity index (χ4v) is 6.15. The maximum Gasteiger partial charge on any atom is 0.243 e. The Hall–Kier alpha value is -3.31. The van der Waals surface area contributed by atoms with Gasteiger partial charge in [-0.05, 0) is 36.7 Å². The summed E-state index contributed by atoms with van der Waals surface area (Å²) in [5, 5.41) is 33.7. The summed E-state index contributed by atoms with van der Waals surface area (Å²) in [5.41, 5.74) is 2.47. The Morgan fingerprint density at radius 1 is 1.33 bits per heavy atom. The summed E-state index contributed by atoms with van der Waals surface area (Å²) >= 11 is 2.95. The van der Waals surface area contributed by atoms with Crippen molar-refractivity contribution in [2.75, 3.05) is 18.4 Å². The van der Waals surface area contributed by atoms with Crippen LogP contribution in [0.5, 0.6) is 0 Å². The van der Waals surface area contributed by atoms with E-state index in [2.05, 4.69) is 30.9 Å². The summed E-state index contributed by atoms with van der Waals surface area (Å²) in [6.07, 6.45) is 7.75. The lowest BCUT2D eigenvalue weighted by molar-refractivity contribution is 0.0701. The molecule has 1 atom stereocenters. The van der Waals surface area contributed by atoms with E-state index in [9.17, 15) is 15.2 Å². The molecule has 0 aromatic carbocycles. The molecule has 0 saturated carbocycles. The Bertz CT molecular complexity index is 1460. The molecular weight excluding hydrogens is 498 g/mol. The Morgan fingerprint density at radius 2 is 2.14 bits per heavy atom. The normalized spacial score (nSPS) is 16.9. The first-order valence-electron chi connectivity index (χ1n) is 11.4. The van der Waals surface area contributed by atoms with Crippen LogP contribution in [0.15, 0.2) is 36.2 Å². The lowest BCUT2D eigenvalue weighted by Crippen LogP contribution is -2.61. The third kappa shape index (κ3) is 4.60. The van der Waals surface area contributed by atoms with E-state index in [1.54, 1.807) is 36.9 Å². The first kappa shape index (κ1) is 24.4. The minimum atomic E-state index is -0.843. The van der Waals surface area contributed by atoms with Crippen molar-refractivity contribution < 1.29 is 9.90 Å². The van der Waals surface area contributed by atoms with Crippen molar-refractivity contribution in [2.45, 2.75) is 44.1 Å². The predicted octanol–water partition coefficient (Wildman–Crippen LogP) is 3.85. The van der Waals surface area contributed by atoms with Gasteiger partial charge in [-0.15, -0.1) is 11.3 Å². The summed E-state index contributed by atoms with van der Waals surface area (Å²) in [5.74, 6) is 0.189. The number of hydrogen-bond acceptors (Lipinski definition) is 11. The van der Waals surface area contributed by atoms with Crippen LogP contribution in [0.25, 0.3) is 21.5 Å². The van der Waals surface area contributed by atoms with Crippen LogP contribution in [-0.4, -0.2) is 62.9 Å². The second-order valence-electron chi connectivity index (χ2n) is 9.00. The molecule has 36 heavy (non-hydrogen) atoms. The van der Waals surface area contributed by atoms with Gasteiger partial charge in [0.05, 0.1) is 52.7 Å². The summed E-state index contributed by atoms with van der Waals surface area (Å²) in [6, 6.07) is 4.23. The minimum absolute atomic E-state index is 0.192. The molecule has 1 unspecified atom stereocenters. The van der Waals surface area contributed by atoms with Crippen molar-refractivity contribution in [3.8, 4) is 17.3 Å². The fraction of sp³-hybridized carbons (Fsp3) is 0.391. The highest BCUT2D eigenvalue weighted by Crippen LogP contribution is 2.42. The predicted molar refractivity (Wildman–Crippen MR) is 139 cm³/mol. The van der Waals surface area contributed by atoms with Gasteiger partial charge in [-0.25, -0.2) is 19.0 Å². The second-order valence-corrected chi connectivity index (χ2v) is 11.5. The van der Waals surface area contributed by atoms with E-state index in [1.807, 2.05) is 29.2 Å². The van der Waals surface area contributed by atoms with E-state index in [0.29, 0.717) is 37.6 Å². The quantitative estimate of drug-likeness (QED) is 0.259. The monoisotopic (exact) mass is 523 g/mol. The standard InChI is InChI=1S/C23H25N9O2S2/c1-4-22(3,34)36-30-13-23(14-30,6-7-24)32-11-16(9-26-32)19-20-18(5-8-35-20)28-21(29-19)27-17-10-25-31(12-17)15(2)33/h5,8-12,34H,4,6,13-14H2,1-3H3,(H,27,28,29). The van der Waals surface area contributed by atoms with Crippen molar-refractivity contribution in [3.05, 3.63) is 36.2 Å². The third-order valence-corrected chi connectivity index (χ3v) is 8.25. The number of fused-ring (bicyclic) bond motifs is 1. The molecule has 2 N–H and O–H groups in total. The molecule has 0 spiro atoms. The van der Waals surface area contributed by atoms with Gasteiger partial charge in [-0.2, -0.15) is 15.5 Å². The SMILES string of the molecule is CCC(C)(O)SN1CC(CC#N)(n2cc(-c3nc(Nc4cnn(C(C)=O)c4)nc4ccsc34)cn2)C1. The van der Waals surface area contributed by atoms with Gasteiger partial charge in [-0.1, -0.05) is 6.92 Å². The number of anilines is 2. The average molecular weight is 524 g/mol. The second kappa shape index (κ2) is 9.29. The summed E-state index contributed by atoms with van der Waals surface area (Å²) in [4.78, 5) is 20.1. The van der Waals surface area contributed by atoms with E-state index < -0.39 is 10.5 Å². The molecule has 5 rings (SSSR count). The number of carbonyl (C=O) groups excluding carboxylic acids is 1. The molecule has 4 aromatic rings. The van der Waals surface area contributed by atoms with Crippen LogP contribution in [0.3, 0.4) is 0 Å². The van der Waals surface area contributed by atoms with Gasteiger partial charge < -0.3 is 10.4 Å². The summed E-state index contributed by atoms with van der Waals surface area (Å²) in [7, 11) is 0. The molecule has 5 heterocycles. The Morgan fingerprint density at radius 3 is 2.83 bits per heavy atom. The van der Waals surface area contributed by atoms with E-state index in [1.165, 1.54) is 23.6 Å². The van der Waals surface area contributed by atoms with Crippen molar-refractivity contribution >= 4 is 51.0 Å². The smallest absolute Gasteiger partial charge is 0.243 e. The summed E-state index contributed by atoms with van der Waals surface area (Å²) < 4.78 is 6.10. The Balaban J connectivity index is 1.43. The van der Waals surface area contributed by atoms with Crippen molar-refractivity contribution in [1.82, 2.24) is 33.8 Å². The first-order chi connectivity index (χ1) is 17.2. The van der Waals surface area contributed by atoms with Gasteiger partial charge in [0.25, 0.3) is 0 Å². The molecule has 1 saturated heterocycles. The zero-order valence-electron chi connectivity index (χ0n) is 20.0. The summed E-state index contributed by atoms with van der Waals surface area (Å²) in [6.45, 7) is 6.39. The number of nitriles is 1. The average Bonchev–Trinajstić information content (AvgIpc) is 3.57. The molecule has 13 heteroatoms. The van der Waals surface area contributed by atoms with Crippen molar-refractivity contribution in [2.24, 2.45) is 0 Å². The maximum atomic E-state index is 11.6. The van der Waals surface area contributed by atoms with Crippen LogP contribution in [-0.2, 0) is 5.54 Å². The molecule has 186 valence electrons. The zero-order valence-corrected chi connectivity index (χ0v) is 21.7. The molecule has 1 fully saturated rings.